The molecule has 2 aliphatic rings. The lowest BCUT2D eigenvalue weighted by molar-refractivity contribution is -0.121. The van der Waals surface area contributed by atoms with Gasteiger partial charge in [0.25, 0.3) is 0 Å². The Labute approximate surface area is 201 Å². The fraction of sp³-hybridized carbons (Fsp3) is 0.480. The molecule has 1 amide bonds. The van der Waals surface area contributed by atoms with Crippen LogP contribution < -0.4 is 19.1 Å². The standard InChI is InChI=1S/C25H33N3O5S/c1-34(30,31)28(22-10-11-23-24(16-22)33-19-32-23)14-6-9-25(29)26-17-20-7-5-8-21(15-20)18-27-12-3-2-4-13-27/h5,7-8,10-11,15-16H,2-4,6,9,12-14,17-19H2,1H3,(H,26,29). The van der Waals surface area contributed by atoms with Gasteiger partial charge < -0.3 is 14.8 Å². The number of likely N-dealkylation sites (tertiary alicyclic amines) is 1. The molecule has 34 heavy (non-hydrogen) atoms. The van der Waals surface area contributed by atoms with Gasteiger partial charge in [-0.3, -0.25) is 14.0 Å². The van der Waals surface area contributed by atoms with Crippen LogP contribution in [0.2, 0.25) is 0 Å². The zero-order valence-electron chi connectivity index (χ0n) is 19.7. The van der Waals surface area contributed by atoms with Gasteiger partial charge in [0, 0.05) is 32.1 Å². The highest BCUT2D eigenvalue weighted by Crippen LogP contribution is 2.36. The average Bonchev–Trinajstić information content (AvgIpc) is 3.28. The van der Waals surface area contributed by atoms with E-state index in [0.29, 0.717) is 30.2 Å². The van der Waals surface area contributed by atoms with E-state index < -0.39 is 10.0 Å². The maximum Gasteiger partial charge on any atom is 0.232 e. The molecule has 1 saturated heterocycles. The van der Waals surface area contributed by atoms with E-state index in [9.17, 15) is 13.2 Å². The zero-order valence-corrected chi connectivity index (χ0v) is 20.5. The Morgan fingerprint density at radius 2 is 1.79 bits per heavy atom. The van der Waals surface area contributed by atoms with Crippen LogP contribution in [-0.4, -0.2) is 51.9 Å². The molecule has 2 aliphatic heterocycles. The van der Waals surface area contributed by atoms with Crippen LogP contribution in [0.25, 0.3) is 0 Å². The van der Waals surface area contributed by atoms with E-state index in [1.54, 1.807) is 18.2 Å². The number of carbonyl (C=O) groups is 1. The Morgan fingerprint density at radius 3 is 2.59 bits per heavy atom. The summed E-state index contributed by atoms with van der Waals surface area (Å²) in [6.45, 7) is 4.04. The maximum absolute atomic E-state index is 12.4. The second-order valence-electron chi connectivity index (χ2n) is 8.91. The van der Waals surface area contributed by atoms with Crippen molar-refractivity contribution >= 4 is 21.6 Å². The third-order valence-electron chi connectivity index (χ3n) is 6.15. The van der Waals surface area contributed by atoms with Crippen LogP contribution in [-0.2, 0) is 27.9 Å². The van der Waals surface area contributed by atoms with Gasteiger partial charge in [0.05, 0.1) is 11.9 Å². The summed E-state index contributed by atoms with van der Waals surface area (Å²) in [5.74, 6) is 1.02. The molecular formula is C25H33N3O5S. The van der Waals surface area contributed by atoms with Crippen molar-refractivity contribution in [2.75, 3.05) is 37.0 Å². The first-order valence-corrected chi connectivity index (χ1v) is 13.7. The van der Waals surface area contributed by atoms with Crippen molar-refractivity contribution in [2.24, 2.45) is 0 Å². The SMILES string of the molecule is CS(=O)(=O)N(CCCC(=O)NCc1cccc(CN2CCCCC2)c1)c1ccc2c(c1)OCO2. The van der Waals surface area contributed by atoms with Gasteiger partial charge in [0.2, 0.25) is 22.7 Å². The highest BCUT2D eigenvalue weighted by Gasteiger charge is 2.21. The van der Waals surface area contributed by atoms with Gasteiger partial charge in [0.1, 0.15) is 0 Å². The largest absolute Gasteiger partial charge is 0.454 e. The number of benzene rings is 2. The summed E-state index contributed by atoms with van der Waals surface area (Å²) in [6, 6.07) is 13.4. The van der Waals surface area contributed by atoms with Crippen molar-refractivity contribution < 1.29 is 22.7 Å². The van der Waals surface area contributed by atoms with Crippen molar-refractivity contribution in [3.05, 3.63) is 53.6 Å². The molecule has 4 rings (SSSR count). The molecule has 0 aromatic heterocycles. The lowest BCUT2D eigenvalue weighted by Gasteiger charge is -2.26. The van der Waals surface area contributed by atoms with Gasteiger partial charge in [-0.05, 0) is 55.6 Å². The van der Waals surface area contributed by atoms with Crippen LogP contribution in [0.5, 0.6) is 11.5 Å². The summed E-state index contributed by atoms with van der Waals surface area (Å²) in [7, 11) is -3.50. The van der Waals surface area contributed by atoms with Crippen LogP contribution in [0, 0.1) is 0 Å². The molecule has 8 nitrogen and oxygen atoms in total. The number of sulfonamides is 1. The van der Waals surface area contributed by atoms with Gasteiger partial charge >= 0.3 is 0 Å². The summed E-state index contributed by atoms with van der Waals surface area (Å²) in [6.07, 6.45) is 5.66. The highest BCUT2D eigenvalue weighted by atomic mass is 32.2. The molecule has 2 aromatic rings. The summed E-state index contributed by atoms with van der Waals surface area (Å²) in [4.78, 5) is 14.9. The summed E-state index contributed by atoms with van der Waals surface area (Å²) >= 11 is 0. The predicted octanol–water partition coefficient (Wildman–Crippen LogP) is 3.26. The molecule has 0 aliphatic carbocycles. The van der Waals surface area contributed by atoms with E-state index in [4.69, 9.17) is 9.47 Å². The molecular weight excluding hydrogens is 454 g/mol. The molecule has 0 unspecified atom stereocenters. The third-order valence-corrected chi connectivity index (χ3v) is 7.34. The molecule has 0 spiro atoms. The Hall–Kier alpha value is -2.78. The van der Waals surface area contributed by atoms with E-state index in [-0.39, 0.29) is 25.7 Å². The first-order valence-electron chi connectivity index (χ1n) is 11.8. The Balaban J connectivity index is 1.26. The van der Waals surface area contributed by atoms with Crippen molar-refractivity contribution in [1.29, 1.82) is 0 Å². The van der Waals surface area contributed by atoms with Crippen molar-refractivity contribution in [3.63, 3.8) is 0 Å². The fourth-order valence-electron chi connectivity index (χ4n) is 4.41. The smallest absolute Gasteiger partial charge is 0.232 e. The summed E-state index contributed by atoms with van der Waals surface area (Å²) in [5, 5.41) is 2.96. The van der Waals surface area contributed by atoms with E-state index in [2.05, 4.69) is 22.3 Å². The van der Waals surface area contributed by atoms with Gasteiger partial charge in [-0.2, -0.15) is 0 Å². The number of amides is 1. The van der Waals surface area contributed by atoms with Gasteiger partial charge in [-0.15, -0.1) is 0 Å². The summed E-state index contributed by atoms with van der Waals surface area (Å²) in [5.41, 5.74) is 2.83. The number of rotatable bonds is 10. The molecule has 0 bridgehead atoms. The van der Waals surface area contributed by atoms with Crippen LogP contribution in [0.4, 0.5) is 5.69 Å². The first kappa shape index (κ1) is 24.3. The number of anilines is 1. The predicted molar refractivity (Wildman–Crippen MR) is 131 cm³/mol. The molecule has 0 atom stereocenters. The minimum Gasteiger partial charge on any atom is -0.454 e. The molecule has 2 aromatic carbocycles. The van der Waals surface area contributed by atoms with Crippen LogP contribution >= 0.6 is 0 Å². The van der Waals surface area contributed by atoms with Gasteiger partial charge in [0.15, 0.2) is 11.5 Å². The normalized spacial score (nSPS) is 15.8. The molecule has 1 N–H and O–H groups in total. The zero-order chi connectivity index (χ0) is 24.0. The van der Waals surface area contributed by atoms with Crippen LogP contribution in [0.15, 0.2) is 42.5 Å². The quantitative estimate of drug-likeness (QED) is 0.554. The lowest BCUT2D eigenvalue weighted by atomic mass is 10.1. The summed E-state index contributed by atoms with van der Waals surface area (Å²) < 4.78 is 36.6. The Morgan fingerprint density at radius 1 is 1.03 bits per heavy atom. The monoisotopic (exact) mass is 487 g/mol. The first-order chi connectivity index (χ1) is 16.4. The minimum absolute atomic E-state index is 0.0967. The molecule has 2 heterocycles. The molecule has 9 heteroatoms. The number of ether oxygens (including phenoxy) is 2. The second kappa shape index (κ2) is 11.1. The maximum atomic E-state index is 12.4. The number of fused-ring (bicyclic) bond motifs is 1. The number of nitrogens with zero attached hydrogens (tertiary/aromatic N) is 2. The second-order valence-corrected chi connectivity index (χ2v) is 10.8. The van der Waals surface area contributed by atoms with Crippen LogP contribution in [0.3, 0.4) is 0 Å². The van der Waals surface area contributed by atoms with Crippen molar-refractivity contribution in [3.8, 4) is 11.5 Å². The molecule has 0 saturated carbocycles. The number of carbonyl (C=O) groups excluding carboxylic acids is 1. The minimum atomic E-state index is -3.50. The highest BCUT2D eigenvalue weighted by molar-refractivity contribution is 7.92. The number of piperidine rings is 1. The number of nitrogens with one attached hydrogen (secondary N) is 1. The number of hydrogen-bond acceptors (Lipinski definition) is 6. The lowest BCUT2D eigenvalue weighted by Crippen LogP contribution is -2.32. The number of hydrogen-bond donors (Lipinski definition) is 1. The Kier molecular flexibility index (Phi) is 7.95. The molecule has 1 fully saturated rings. The van der Waals surface area contributed by atoms with Gasteiger partial charge in [-0.25, -0.2) is 8.42 Å². The van der Waals surface area contributed by atoms with E-state index >= 15 is 0 Å². The Bertz CT molecular complexity index is 1100. The van der Waals surface area contributed by atoms with E-state index in [1.807, 2.05) is 12.1 Å². The average molecular weight is 488 g/mol. The van der Waals surface area contributed by atoms with Crippen molar-refractivity contribution in [2.45, 2.75) is 45.2 Å². The molecule has 0 radical (unpaired) electrons. The van der Waals surface area contributed by atoms with Crippen molar-refractivity contribution in [1.82, 2.24) is 10.2 Å². The van der Waals surface area contributed by atoms with E-state index in [1.165, 1.54) is 29.1 Å². The fourth-order valence-corrected chi connectivity index (χ4v) is 5.37. The van der Waals surface area contributed by atoms with Gasteiger partial charge in [-0.1, -0.05) is 30.7 Å². The van der Waals surface area contributed by atoms with E-state index in [0.717, 1.165) is 31.5 Å². The topological polar surface area (TPSA) is 88.2 Å². The van der Waals surface area contributed by atoms with Crippen LogP contribution in [0.1, 0.15) is 43.2 Å². The molecule has 184 valence electrons. The third kappa shape index (κ3) is 6.64.